The summed E-state index contributed by atoms with van der Waals surface area (Å²) in [5.74, 6) is 1.40. The van der Waals surface area contributed by atoms with Crippen LogP contribution < -0.4 is 0 Å². The Balaban J connectivity index is 2.50. The molecule has 0 aliphatic carbocycles. The molecular formula is C14H24O3. The highest BCUT2D eigenvalue weighted by Crippen LogP contribution is 2.28. The molecule has 2 N–H and O–H groups in total. The van der Waals surface area contributed by atoms with Crippen molar-refractivity contribution in [1.29, 1.82) is 0 Å². The molecule has 0 radical (unpaired) electrons. The van der Waals surface area contributed by atoms with Gasteiger partial charge >= 0.3 is 0 Å². The molecule has 0 saturated heterocycles. The number of aliphatic hydroxyl groups is 2. The van der Waals surface area contributed by atoms with E-state index < -0.39 is 6.10 Å². The van der Waals surface area contributed by atoms with Gasteiger partial charge in [0, 0.05) is 18.4 Å². The largest absolute Gasteiger partial charge is 0.469 e. The maximum atomic E-state index is 10.1. The molecule has 98 valence electrons. The van der Waals surface area contributed by atoms with Gasteiger partial charge in [0.25, 0.3) is 0 Å². The first-order chi connectivity index (χ1) is 8.10. The van der Waals surface area contributed by atoms with Gasteiger partial charge in [-0.05, 0) is 30.9 Å². The van der Waals surface area contributed by atoms with Gasteiger partial charge in [-0.15, -0.1) is 0 Å². The highest BCUT2D eigenvalue weighted by atomic mass is 16.3. The predicted octanol–water partition coefficient (Wildman–Crippen LogP) is 2.79. The van der Waals surface area contributed by atoms with E-state index in [9.17, 15) is 10.2 Å². The highest BCUT2D eigenvalue weighted by Gasteiger charge is 2.25. The lowest BCUT2D eigenvalue weighted by Gasteiger charge is -2.27. The summed E-state index contributed by atoms with van der Waals surface area (Å²) >= 11 is 0. The first kappa shape index (κ1) is 14.3. The van der Waals surface area contributed by atoms with Crippen LogP contribution in [0.5, 0.6) is 0 Å². The fourth-order valence-electron chi connectivity index (χ4n) is 2.33. The molecule has 1 aromatic heterocycles. The van der Waals surface area contributed by atoms with Crippen LogP contribution in [-0.4, -0.2) is 22.9 Å². The van der Waals surface area contributed by atoms with Crippen LogP contribution in [0.25, 0.3) is 0 Å². The zero-order valence-corrected chi connectivity index (χ0v) is 11.0. The lowest BCUT2D eigenvalue weighted by Crippen LogP contribution is -2.30. The maximum absolute atomic E-state index is 10.1. The third-order valence-electron chi connectivity index (χ3n) is 3.58. The summed E-state index contributed by atoms with van der Waals surface area (Å²) in [5.41, 5.74) is 0. The van der Waals surface area contributed by atoms with E-state index in [1.54, 1.807) is 6.26 Å². The van der Waals surface area contributed by atoms with E-state index in [2.05, 4.69) is 6.92 Å². The third kappa shape index (κ3) is 3.86. The molecule has 0 fully saturated rings. The second-order valence-corrected chi connectivity index (χ2v) is 4.97. The summed E-state index contributed by atoms with van der Waals surface area (Å²) < 4.78 is 5.36. The minimum atomic E-state index is -0.442. The van der Waals surface area contributed by atoms with Crippen LogP contribution in [0.1, 0.15) is 45.3 Å². The van der Waals surface area contributed by atoms with Crippen LogP contribution in [0.15, 0.2) is 22.8 Å². The molecule has 0 aliphatic rings. The summed E-state index contributed by atoms with van der Waals surface area (Å²) in [6.07, 6.45) is 2.90. The molecule has 0 saturated carbocycles. The molecule has 0 amide bonds. The van der Waals surface area contributed by atoms with Gasteiger partial charge < -0.3 is 14.6 Å². The molecular weight excluding hydrogens is 216 g/mol. The van der Waals surface area contributed by atoms with Gasteiger partial charge in [-0.25, -0.2) is 0 Å². The molecule has 0 bridgehead atoms. The summed E-state index contributed by atoms with van der Waals surface area (Å²) in [5, 5.41) is 19.3. The SMILES string of the molecule is CC[C@H](CO)[C@@H](O)[C@@H](C)C[C@@H](C)c1ccco1. The lowest BCUT2D eigenvalue weighted by molar-refractivity contribution is 0.0214. The molecule has 1 aromatic rings. The number of hydrogen-bond acceptors (Lipinski definition) is 3. The minimum absolute atomic E-state index is 0.0196. The molecule has 0 aromatic carbocycles. The monoisotopic (exact) mass is 240 g/mol. The summed E-state index contributed by atoms with van der Waals surface area (Å²) in [6.45, 7) is 6.17. The van der Waals surface area contributed by atoms with E-state index >= 15 is 0 Å². The molecule has 1 rings (SSSR count). The van der Waals surface area contributed by atoms with Gasteiger partial charge in [-0.1, -0.05) is 20.8 Å². The van der Waals surface area contributed by atoms with Crippen LogP contribution >= 0.6 is 0 Å². The van der Waals surface area contributed by atoms with Crippen molar-refractivity contribution in [2.75, 3.05) is 6.61 Å². The van der Waals surface area contributed by atoms with Gasteiger partial charge in [0.2, 0.25) is 0 Å². The Morgan fingerprint density at radius 2 is 2.06 bits per heavy atom. The lowest BCUT2D eigenvalue weighted by atomic mass is 9.84. The summed E-state index contributed by atoms with van der Waals surface area (Å²) in [6, 6.07) is 3.85. The highest BCUT2D eigenvalue weighted by molar-refractivity contribution is 5.04. The molecule has 3 nitrogen and oxygen atoms in total. The van der Waals surface area contributed by atoms with Crippen molar-refractivity contribution in [1.82, 2.24) is 0 Å². The van der Waals surface area contributed by atoms with Crippen LogP contribution in [0.4, 0.5) is 0 Å². The van der Waals surface area contributed by atoms with E-state index in [0.717, 1.165) is 18.6 Å². The Labute approximate surface area is 103 Å². The Bertz CT molecular complexity index is 290. The van der Waals surface area contributed by atoms with Gasteiger partial charge in [-0.2, -0.15) is 0 Å². The fourth-order valence-corrected chi connectivity index (χ4v) is 2.33. The van der Waals surface area contributed by atoms with Crippen molar-refractivity contribution >= 4 is 0 Å². The van der Waals surface area contributed by atoms with Crippen molar-refractivity contribution in [2.45, 2.75) is 45.6 Å². The smallest absolute Gasteiger partial charge is 0.106 e. The average molecular weight is 240 g/mol. The van der Waals surface area contributed by atoms with Gasteiger partial charge in [0.05, 0.1) is 12.4 Å². The minimum Gasteiger partial charge on any atom is -0.469 e. The van der Waals surface area contributed by atoms with Crippen LogP contribution in [-0.2, 0) is 0 Å². The quantitative estimate of drug-likeness (QED) is 0.770. The molecule has 0 aliphatic heterocycles. The zero-order chi connectivity index (χ0) is 12.8. The zero-order valence-electron chi connectivity index (χ0n) is 11.0. The Morgan fingerprint density at radius 3 is 2.53 bits per heavy atom. The summed E-state index contributed by atoms with van der Waals surface area (Å²) in [7, 11) is 0. The number of rotatable bonds is 7. The van der Waals surface area contributed by atoms with Gasteiger partial charge in [-0.3, -0.25) is 0 Å². The Hall–Kier alpha value is -0.800. The Morgan fingerprint density at radius 1 is 1.35 bits per heavy atom. The van der Waals surface area contributed by atoms with E-state index in [1.165, 1.54) is 0 Å². The van der Waals surface area contributed by atoms with E-state index in [-0.39, 0.29) is 18.4 Å². The topological polar surface area (TPSA) is 53.6 Å². The first-order valence-electron chi connectivity index (χ1n) is 6.42. The average Bonchev–Trinajstić information content (AvgIpc) is 2.83. The van der Waals surface area contributed by atoms with Gasteiger partial charge in [0.1, 0.15) is 5.76 Å². The third-order valence-corrected chi connectivity index (χ3v) is 3.58. The molecule has 17 heavy (non-hydrogen) atoms. The second-order valence-electron chi connectivity index (χ2n) is 4.97. The van der Waals surface area contributed by atoms with Crippen LogP contribution in [0.2, 0.25) is 0 Å². The maximum Gasteiger partial charge on any atom is 0.106 e. The van der Waals surface area contributed by atoms with Crippen LogP contribution in [0.3, 0.4) is 0 Å². The summed E-state index contributed by atoms with van der Waals surface area (Å²) in [4.78, 5) is 0. The molecule has 0 spiro atoms. The van der Waals surface area contributed by atoms with Crippen molar-refractivity contribution in [3.63, 3.8) is 0 Å². The van der Waals surface area contributed by atoms with E-state index in [1.807, 2.05) is 26.0 Å². The molecule has 0 unspecified atom stereocenters. The van der Waals surface area contributed by atoms with E-state index in [4.69, 9.17) is 4.42 Å². The fraction of sp³-hybridized carbons (Fsp3) is 0.714. The van der Waals surface area contributed by atoms with Crippen molar-refractivity contribution < 1.29 is 14.6 Å². The number of furan rings is 1. The van der Waals surface area contributed by atoms with Crippen molar-refractivity contribution in [3.8, 4) is 0 Å². The van der Waals surface area contributed by atoms with E-state index in [0.29, 0.717) is 5.92 Å². The van der Waals surface area contributed by atoms with Gasteiger partial charge in [0.15, 0.2) is 0 Å². The predicted molar refractivity (Wildman–Crippen MR) is 67.8 cm³/mol. The normalized spacial score (nSPS) is 18.6. The van der Waals surface area contributed by atoms with Crippen LogP contribution in [0, 0.1) is 11.8 Å². The Kier molecular flexibility index (Phi) is 5.72. The molecule has 3 heteroatoms. The molecule has 4 atom stereocenters. The molecule has 1 heterocycles. The second kappa shape index (κ2) is 6.82. The number of aliphatic hydroxyl groups excluding tert-OH is 2. The van der Waals surface area contributed by atoms with Crippen molar-refractivity contribution in [2.24, 2.45) is 11.8 Å². The standard InChI is InChI=1S/C14H24O3/c1-4-12(9-15)14(16)11(3)8-10(2)13-6-5-7-17-13/h5-7,10-12,14-16H,4,8-9H2,1-3H3/t10-,11+,12-,14+/m1/s1. The number of hydrogen-bond donors (Lipinski definition) is 2. The van der Waals surface area contributed by atoms with Crippen molar-refractivity contribution in [3.05, 3.63) is 24.2 Å². The first-order valence-corrected chi connectivity index (χ1v) is 6.42.